The molecule has 0 aliphatic rings. The third-order valence-corrected chi connectivity index (χ3v) is 2.33. The van der Waals surface area contributed by atoms with Crippen LogP contribution in [0.4, 0.5) is 17.1 Å². The van der Waals surface area contributed by atoms with Crippen LogP contribution in [0.25, 0.3) is 0 Å². The molecule has 1 rings (SSSR count). The van der Waals surface area contributed by atoms with E-state index in [1.54, 1.807) is 0 Å². The van der Waals surface area contributed by atoms with E-state index < -0.39 is 27.0 Å². The number of anilines is 1. The quantitative estimate of drug-likeness (QED) is 0.348. The molecule has 0 atom stereocenters. The second-order valence-electron chi connectivity index (χ2n) is 3.66. The standard InChI is InChI=1S/C10H13N3O5/c1-2-3-4-11-8-5-7(12(15)16)6-9(10(8)14)13(17)18/h5-6,11,14H,2-4H2,1H3. The van der Waals surface area contributed by atoms with E-state index >= 15 is 0 Å². The van der Waals surface area contributed by atoms with Gasteiger partial charge < -0.3 is 10.4 Å². The van der Waals surface area contributed by atoms with E-state index in [4.69, 9.17) is 0 Å². The number of nitrogens with one attached hydrogen (secondary N) is 1. The number of unbranched alkanes of at least 4 members (excludes halogenated alkanes) is 1. The van der Waals surface area contributed by atoms with E-state index in [9.17, 15) is 25.3 Å². The van der Waals surface area contributed by atoms with E-state index in [1.165, 1.54) is 0 Å². The summed E-state index contributed by atoms with van der Waals surface area (Å²) in [6.45, 7) is 2.43. The zero-order valence-electron chi connectivity index (χ0n) is 9.75. The molecule has 18 heavy (non-hydrogen) atoms. The van der Waals surface area contributed by atoms with Gasteiger partial charge in [-0.25, -0.2) is 0 Å². The van der Waals surface area contributed by atoms with Gasteiger partial charge >= 0.3 is 5.69 Å². The van der Waals surface area contributed by atoms with E-state index in [0.29, 0.717) is 6.54 Å². The maximum Gasteiger partial charge on any atom is 0.319 e. The lowest BCUT2D eigenvalue weighted by molar-refractivity contribution is -0.394. The van der Waals surface area contributed by atoms with Crippen LogP contribution >= 0.6 is 0 Å². The highest BCUT2D eigenvalue weighted by atomic mass is 16.6. The Kier molecular flexibility index (Phi) is 4.41. The van der Waals surface area contributed by atoms with Gasteiger partial charge in [0.15, 0.2) is 0 Å². The van der Waals surface area contributed by atoms with Gasteiger partial charge in [-0.05, 0) is 6.42 Å². The molecule has 0 heterocycles. The number of rotatable bonds is 6. The average molecular weight is 255 g/mol. The number of hydrogen-bond donors (Lipinski definition) is 2. The molecule has 0 bridgehead atoms. The zero-order chi connectivity index (χ0) is 13.7. The van der Waals surface area contributed by atoms with Gasteiger partial charge in [0.1, 0.15) is 0 Å². The van der Waals surface area contributed by atoms with Gasteiger partial charge in [-0.1, -0.05) is 13.3 Å². The van der Waals surface area contributed by atoms with Crippen LogP contribution in [0.5, 0.6) is 5.75 Å². The highest BCUT2D eigenvalue weighted by Gasteiger charge is 2.23. The summed E-state index contributed by atoms with van der Waals surface area (Å²) in [4.78, 5) is 19.7. The molecular weight excluding hydrogens is 242 g/mol. The van der Waals surface area contributed by atoms with E-state index in [2.05, 4.69) is 5.32 Å². The highest BCUT2D eigenvalue weighted by molar-refractivity contribution is 5.70. The van der Waals surface area contributed by atoms with Gasteiger partial charge in [0.05, 0.1) is 21.6 Å². The summed E-state index contributed by atoms with van der Waals surface area (Å²) in [7, 11) is 0. The van der Waals surface area contributed by atoms with Crippen molar-refractivity contribution in [2.75, 3.05) is 11.9 Å². The van der Waals surface area contributed by atoms with Crippen molar-refractivity contribution >= 4 is 17.1 Å². The molecule has 0 unspecified atom stereocenters. The van der Waals surface area contributed by atoms with Crippen molar-refractivity contribution in [3.63, 3.8) is 0 Å². The summed E-state index contributed by atoms with van der Waals surface area (Å²) < 4.78 is 0. The molecule has 0 aliphatic carbocycles. The van der Waals surface area contributed by atoms with Gasteiger partial charge in [0.2, 0.25) is 5.75 Å². The topological polar surface area (TPSA) is 119 Å². The summed E-state index contributed by atoms with van der Waals surface area (Å²) in [6.07, 6.45) is 1.68. The summed E-state index contributed by atoms with van der Waals surface area (Å²) in [5.74, 6) is -0.582. The molecule has 0 aromatic heterocycles. The first-order valence-corrected chi connectivity index (χ1v) is 5.37. The smallest absolute Gasteiger partial charge is 0.319 e. The van der Waals surface area contributed by atoms with Crippen LogP contribution in [0, 0.1) is 20.2 Å². The van der Waals surface area contributed by atoms with Gasteiger partial charge in [-0.15, -0.1) is 0 Å². The summed E-state index contributed by atoms with van der Waals surface area (Å²) >= 11 is 0. The number of nitrogens with zero attached hydrogens (tertiary/aromatic N) is 2. The van der Waals surface area contributed by atoms with Crippen LogP contribution in [0.2, 0.25) is 0 Å². The lowest BCUT2D eigenvalue weighted by Gasteiger charge is -2.07. The van der Waals surface area contributed by atoms with Crippen LogP contribution < -0.4 is 5.32 Å². The zero-order valence-corrected chi connectivity index (χ0v) is 9.75. The lowest BCUT2D eigenvalue weighted by atomic mass is 10.2. The predicted octanol–water partition coefficient (Wildman–Crippen LogP) is 2.42. The maximum absolute atomic E-state index is 10.7. The molecule has 0 radical (unpaired) electrons. The summed E-state index contributed by atoms with van der Waals surface area (Å²) in [6, 6.07) is 1.82. The Morgan fingerprint density at radius 1 is 1.28 bits per heavy atom. The largest absolute Gasteiger partial charge is 0.501 e. The molecular formula is C10H13N3O5. The Bertz CT molecular complexity index is 475. The third-order valence-electron chi connectivity index (χ3n) is 2.33. The number of nitro benzene ring substituents is 2. The predicted molar refractivity (Wildman–Crippen MR) is 64.8 cm³/mol. The van der Waals surface area contributed by atoms with Gasteiger partial charge in [0, 0.05) is 12.6 Å². The Balaban J connectivity index is 3.14. The van der Waals surface area contributed by atoms with Crippen molar-refractivity contribution in [2.24, 2.45) is 0 Å². The fourth-order valence-corrected chi connectivity index (χ4v) is 1.38. The van der Waals surface area contributed by atoms with Gasteiger partial charge in [-0.3, -0.25) is 20.2 Å². The normalized spacial score (nSPS) is 10.1. The van der Waals surface area contributed by atoms with E-state index in [0.717, 1.165) is 25.0 Å². The molecule has 0 saturated carbocycles. The van der Waals surface area contributed by atoms with Crippen LogP contribution in [0.3, 0.4) is 0 Å². The first kappa shape index (κ1) is 13.7. The van der Waals surface area contributed by atoms with Crippen LogP contribution in [-0.4, -0.2) is 21.5 Å². The monoisotopic (exact) mass is 255 g/mol. The molecule has 0 fully saturated rings. The maximum atomic E-state index is 10.7. The average Bonchev–Trinajstić information content (AvgIpc) is 2.30. The van der Waals surface area contributed by atoms with Crippen LogP contribution in [0.1, 0.15) is 19.8 Å². The summed E-state index contributed by atoms with van der Waals surface area (Å²) in [5, 5.41) is 33.7. The van der Waals surface area contributed by atoms with Crippen molar-refractivity contribution in [2.45, 2.75) is 19.8 Å². The molecule has 1 aromatic carbocycles. The Morgan fingerprint density at radius 2 is 1.94 bits per heavy atom. The van der Waals surface area contributed by atoms with E-state index in [1.807, 2.05) is 6.92 Å². The van der Waals surface area contributed by atoms with Gasteiger partial charge in [-0.2, -0.15) is 0 Å². The number of aromatic hydroxyl groups is 1. The minimum Gasteiger partial charge on any atom is -0.501 e. The van der Waals surface area contributed by atoms with E-state index in [-0.39, 0.29) is 5.69 Å². The molecule has 2 N–H and O–H groups in total. The molecule has 0 aliphatic heterocycles. The molecule has 1 aromatic rings. The summed E-state index contributed by atoms with van der Waals surface area (Å²) in [5.41, 5.74) is -1.11. The van der Waals surface area contributed by atoms with Crippen molar-refractivity contribution in [1.29, 1.82) is 0 Å². The minimum absolute atomic E-state index is 0.00403. The second-order valence-corrected chi connectivity index (χ2v) is 3.66. The molecule has 8 nitrogen and oxygen atoms in total. The molecule has 0 saturated heterocycles. The van der Waals surface area contributed by atoms with Crippen molar-refractivity contribution in [3.05, 3.63) is 32.4 Å². The fraction of sp³-hybridized carbons (Fsp3) is 0.400. The van der Waals surface area contributed by atoms with Crippen molar-refractivity contribution in [3.8, 4) is 5.75 Å². The minimum atomic E-state index is -0.854. The fourth-order valence-electron chi connectivity index (χ4n) is 1.38. The number of nitro groups is 2. The molecule has 8 heteroatoms. The molecule has 0 amide bonds. The molecule has 0 spiro atoms. The SMILES string of the molecule is CCCCNc1cc([N+](=O)[O-])cc([N+](=O)[O-])c1O. The number of hydrogen-bond acceptors (Lipinski definition) is 6. The Labute approximate surface area is 103 Å². The number of phenols is 1. The number of non-ortho nitro benzene ring substituents is 1. The third kappa shape index (κ3) is 3.06. The highest BCUT2D eigenvalue weighted by Crippen LogP contribution is 2.37. The lowest BCUT2D eigenvalue weighted by Crippen LogP contribution is -2.03. The van der Waals surface area contributed by atoms with Crippen molar-refractivity contribution in [1.82, 2.24) is 0 Å². The second kappa shape index (κ2) is 5.80. The molecule has 98 valence electrons. The van der Waals surface area contributed by atoms with Crippen molar-refractivity contribution < 1.29 is 15.0 Å². The Hall–Kier alpha value is -2.38. The van der Waals surface area contributed by atoms with Crippen LogP contribution in [0.15, 0.2) is 12.1 Å². The van der Waals surface area contributed by atoms with Crippen LogP contribution in [-0.2, 0) is 0 Å². The number of phenolic OH excluding ortho intramolecular Hbond substituents is 1. The van der Waals surface area contributed by atoms with Gasteiger partial charge in [0.25, 0.3) is 5.69 Å². The number of benzene rings is 1. The first-order chi connectivity index (χ1) is 8.47. The first-order valence-electron chi connectivity index (χ1n) is 5.37. The Morgan fingerprint density at radius 3 is 2.44 bits per heavy atom.